The number of benzene rings is 1. The molecule has 0 radical (unpaired) electrons. The topological polar surface area (TPSA) is 59.0 Å². The molecule has 1 unspecified atom stereocenters. The highest BCUT2D eigenvalue weighted by Crippen LogP contribution is 2.19. The molecule has 1 aliphatic heterocycles. The maximum absolute atomic E-state index is 5.85. The summed E-state index contributed by atoms with van der Waals surface area (Å²) in [4.78, 5) is 6.69. The Morgan fingerprint density at radius 2 is 2.29 bits per heavy atom. The molecule has 3 aromatic rings. The van der Waals surface area contributed by atoms with Gasteiger partial charge in [0.05, 0.1) is 36.9 Å². The van der Waals surface area contributed by atoms with Crippen molar-refractivity contribution in [1.82, 2.24) is 24.6 Å². The van der Waals surface area contributed by atoms with Gasteiger partial charge in [-0.1, -0.05) is 6.07 Å². The smallest absolute Gasteiger partial charge is 0.0945 e. The van der Waals surface area contributed by atoms with E-state index >= 15 is 0 Å². The predicted molar refractivity (Wildman–Crippen MR) is 92.6 cm³/mol. The molecule has 2 aromatic heterocycles. The predicted octanol–water partition coefficient (Wildman–Crippen LogP) is 1.99. The van der Waals surface area contributed by atoms with Gasteiger partial charge in [0.1, 0.15) is 0 Å². The molecule has 1 atom stereocenters. The number of H-pyrrole nitrogens is 1. The second-order valence-corrected chi connectivity index (χ2v) is 6.67. The summed E-state index contributed by atoms with van der Waals surface area (Å²) in [6, 6.07) is 6.54. The first-order valence-corrected chi connectivity index (χ1v) is 8.45. The van der Waals surface area contributed by atoms with Gasteiger partial charge in [0, 0.05) is 38.3 Å². The van der Waals surface area contributed by atoms with Crippen LogP contribution in [-0.4, -0.2) is 51.0 Å². The number of nitrogens with one attached hydrogen (secondary N) is 1. The van der Waals surface area contributed by atoms with Crippen molar-refractivity contribution in [1.29, 1.82) is 0 Å². The van der Waals surface area contributed by atoms with Crippen molar-refractivity contribution in [2.75, 3.05) is 26.3 Å². The molecule has 24 heavy (non-hydrogen) atoms. The van der Waals surface area contributed by atoms with Gasteiger partial charge in [0.2, 0.25) is 0 Å². The minimum atomic E-state index is 0.505. The molecule has 1 N–H and O–H groups in total. The maximum atomic E-state index is 5.85. The molecular weight excluding hydrogens is 302 g/mol. The van der Waals surface area contributed by atoms with Crippen LogP contribution in [0.25, 0.3) is 10.9 Å². The van der Waals surface area contributed by atoms with Crippen LogP contribution in [0.1, 0.15) is 11.3 Å². The lowest BCUT2D eigenvalue weighted by atomic mass is 9.98. The lowest BCUT2D eigenvalue weighted by Crippen LogP contribution is -2.31. The Labute approximate surface area is 141 Å². The first-order chi connectivity index (χ1) is 11.8. The lowest BCUT2D eigenvalue weighted by Gasteiger charge is -2.23. The van der Waals surface area contributed by atoms with Crippen LogP contribution in [-0.2, 0) is 24.8 Å². The molecule has 6 nitrogen and oxygen atoms in total. The van der Waals surface area contributed by atoms with Crippen molar-refractivity contribution in [3.8, 4) is 0 Å². The number of fused-ring (bicyclic) bond motifs is 1. The van der Waals surface area contributed by atoms with E-state index in [1.54, 1.807) is 0 Å². The Morgan fingerprint density at radius 1 is 1.33 bits per heavy atom. The zero-order valence-electron chi connectivity index (χ0n) is 14.0. The van der Waals surface area contributed by atoms with Crippen molar-refractivity contribution in [3.63, 3.8) is 0 Å². The molecule has 0 bridgehead atoms. The molecule has 6 heteroatoms. The van der Waals surface area contributed by atoms with E-state index in [1.165, 1.54) is 16.6 Å². The van der Waals surface area contributed by atoms with Gasteiger partial charge >= 0.3 is 0 Å². The van der Waals surface area contributed by atoms with Crippen LogP contribution in [0.3, 0.4) is 0 Å². The first kappa shape index (κ1) is 15.4. The Kier molecular flexibility index (Phi) is 4.32. The van der Waals surface area contributed by atoms with Gasteiger partial charge < -0.3 is 9.30 Å². The van der Waals surface area contributed by atoms with Crippen molar-refractivity contribution in [2.45, 2.75) is 13.0 Å². The van der Waals surface area contributed by atoms with E-state index in [9.17, 15) is 0 Å². The van der Waals surface area contributed by atoms with E-state index in [-0.39, 0.29) is 0 Å². The number of rotatable bonds is 4. The van der Waals surface area contributed by atoms with Gasteiger partial charge in [-0.05, 0) is 30.0 Å². The molecule has 4 rings (SSSR count). The van der Waals surface area contributed by atoms with Crippen LogP contribution in [0.2, 0.25) is 0 Å². The highest BCUT2D eigenvalue weighted by molar-refractivity contribution is 5.78. The number of aryl methyl sites for hydroxylation is 1. The number of hydrogen-bond donors (Lipinski definition) is 1. The van der Waals surface area contributed by atoms with Crippen molar-refractivity contribution in [3.05, 3.63) is 48.2 Å². The minimum Gasteiger partial charge on any atom is -0.380 e. The molecule has 1 saturated heterocycles. The fourth-order valence-corrected chi connectivity index (χ4v) is 3.44. The average molecular weight is 325 g/mol. The zero-order valence-corrected chi connectivity index (χ0v) is 14.0. The molecule has 0 saturated carbocycles. The number of ether oxygens (including phenoxy) is 1. The van der Waals surface area contributed by atoms with E-state index in [2.05, 4.69) is 42.8 Å². The molecule has 126 valence electrons. The van der Waals surface area contributed by atoms with E-state index in [0.29, 0.717) is 5.92 Å². The second-order valence-electron chi connectivity index (χ2n) is 6.67. The number of nitrogens with zero attached hydrogens (tertiary/aromatic N) is 4. The number of imidazole rings is 1. The molecule has 1 fully saturated rings. The molecule has 1 aromatic carbocycles. The van der Waals surface area contributed by atoms with E-state index < -0.39 is 0 Å². The quantitative estimate of drug-likeness (QED) is 0.797. The summed E-state index contributed by atoms with van der Waals surface area (Å²) in [5.74, 6) is 0.505. The summed E-state index contributed by atoms with van der Waals surface area (Å²) < 4.78 is 7.94. The van der Waals surface area contributed by atoms with Crippen molar-refractivity contribution >= 4 is 10.9 Å². The van der Waals surface area contributed by atoms with Crippen LogP contribution < -0.4 is 0 Å². The van der Waals surface area contributed by atoms with Crippen LogP contribution in [0.5, 0.6) is 0 Å². The largest absolute Gasteiger partial charge is 0.380 e. The maximum Gasteiger partial charge on any atom is 0.0945 e. The Hall–Kier alpha value is -2.18. The fourth-order valence-electron chi connectivity index (χ4n) is 3.44. The van der Waals surface area contributed by atoms with Crippen molar-refractivity contribution in [2.24, 2.45) is 13.0 Å². The second kappa shape index (κ2) is 6.75. The third kappa shape index (κ3) is 3.34. The monoisotopic (exact) mass is 325 g/mol. The molecule has 3 heterocycles. The molecule has 0 aliphatic carbocycles. The Balaban J connectivity index is 1.44. The number of aromatic amines is 1. The molecule has 0 spiro atoms. The minimum absolute atomic E-state index is 0.505. The number of aromatic nitrogens is 4. The van der Waals surface area contributed by atoms with Crippen LogP contribution in [0, 0.1) is 5.92 Å². The fraction of sp³-hybridized carbons (Fsp3) is 0.444. The van der Waals surface area contributed by atoms with E-state index in [1.807, 2.05) is 25.8 Å². The van der Waals surface area contributed by atoms with Crippen LogP contribution in [0.4, 0.5) is 0 Å². The van der Waals surface area contributed by atoms with Gasteiger partial charge in [-0.3, -0.25) is 10.00 Å². The molecule has 1 aliphatic rings. The van der Waals surface area contributed by atoms with E-state index in [4.69, 9.17) is 4.74 Å². The normalized spacial score (nSPS) is 19.6. The average Bonchev–Trinajstić information content (AvgIpc) is 3.13. The lowest BCUT2D eigenvalue weighted by molar-refractivity contribution is 0.121. The Morgan fingerprint density at radius 3 is 3.17 bits per heavy atom. The molecular formula is C18H23N5O. The van der Waals surface area contributed by atoms with Gasteiger partial charge in [-0.2, -0.15) is 5.10 Å². The summed E-state index contributed by atoms with van der Waals surface area (Å²) in [6.45, 7) is 4.58. The summed E-state index contributed by atoms with van der Waals surface area (Å²) in [7, 11) is 2.05. The van der Waals surface area contributed by atoms with E-state index in [0.717, 1.165) is 44.8 Å². The van der Waals surface area contributed by atoms with Crippen LogP contribution in [0.15, 0.2) is 36.9 Å². The van der Waals surface area contributed by atoms with Gasteiger partial charge in [0.15, 0.2) is 0 Å². The van der Waals surface area contributed by atoms with Gasteiger partial charge in [0.25, 0.3) is 0 Å². The zero-order chi connectivity index (χ0) is 16.4. The highest BCUT2D eigenvalue weighted by Gasteiger charge is 2.20. The summed E-state index contributed by atoms with van der Waals surface area (Å²) in [6.07, 6.45) is 6.73. The summed E-state index contributed by atoms with van der Waals surface area (Å²) in [5, 5.41) is 8.28. The van der Waals surface area contributed by atoms with Gasteiger partial charge in [-0.25, -0.2) is 4.98 Å². The molecule has 0 amide bonds. The third-order valence-corrected chi connectivity index (χ3v) is 4.75. The SMILES string of the molecule is Cn1cncc1CN1CCOCC(Cc2ccc3[nH]ncc3c2)C1. The first-order valence-electron chi connectivity index (χ1n) is 8.45. The van der Waals surface area contributed by atoms with Crippen LogP contribution >= 0.6 is 0 Å². The highest BCUT2D eigenvalue weighted by atomic mass is 16.5. The summed E-state index contributed by atoms with van der Waals surface area (Å²) in [5.41, 5.74) is 3.68. The number of hydrogen-bond acceptors (Lipinski definition) is 4. The van der Waals surface area contributed by atoms with Gasteiger partial charge in [-0.15, -0.1) is 0 Å². The van der Waals surface area contributed by atoms with Crippen molar-refractivity contribution < 1.29 is 4.74 Å². The third-order valence-electron chi connectivity index (χ3n) is 4.75. The summed E-state index contributed by atoms with van der Waals surface area (Å²) >= 11 is 0. The standard InChI is InChI=1S/C18H23N5O/c1-22-13-19-9-17(22)11-23-4-5-24-12-15(10-23)6-14-2-3-18-16(7-14)8-20-21-18/h2-3,7-9,13,15H,4-6,10-12H2,1H3,(H,20,21). The Bertz CT molecular complexity index is 808.